The molecule has 68 valence electrons. The van der Waals surface area contributed by atoms with E-state index in [1.165, 1.54) is 6.26 Å². The summed E-state index contributed by atoms with van der Waals surface area (Å²) in [6.07, 6.45) is 8.70. The van der Waals surface area contributed by atoms with Gasteiger partial charge >= 0.3 is 0 Å². The van der Waals surface area contributed by atoms with E-state index in [0.717, 1.165) is 11.5 Å². The number of hydrogen-bond donors (Lipinski definition) is 1. The van der Waals surface area contributed by atoms with Crippen LogP contribution in [0.1, 0.15) is 12.6 Å². The zero-order valence-electron chi connectivity index (χ0n) is 7.53. The van der Waals surface area contributed by atoms with Gasteiger partial charge in [-0.1, -0.05) is 6.58 Å². The van der Waals surface area contributed by atoms with Gasteiger partial charge in [-0.15, -0.1) is 0 Å². The average Bonchev–Trinajstić information content (AvgIpc) is 2.64. The van der Waals surface area contributed by atoms with Crippen molar-refractivity contribution in [1.82, 2.24) is 10.2 Å². The molecule has 0 aliphatic carbocycles. The highest BCUT2D eigenvalue weighted by Gasteiger charge is 1.89. The van der Waals surface area contributed by atoms with Gasteiger partial charge in [0.2, 0.25) is 0 Å². The zero-order chi connectivity index (χ0) is 9.52. The first-order valence-corrected chi connectivity index (χ1v) is 3.98. The second-order valence-corrected chi connectivity index (χ2v) is 2.31. The third-order valence-electron chi connectivity index (χ3n) is 1.44. The molecule has 0 saturated heterocycles. The van der Waals surface area contributed by atoms with Gasteiger partial charge < -0.3 is 4.74 Å². The molecule has 0 saturated carbocycles. The number of ether oxygens (including phenoxy) is 1. The lowest BCUT2D eigenvalue weighted by molar-refractivity contribution is 0.369. The summed E-state index contributed by atoms with van der Waals surface area (Å²) in [4.78, 5) is 0. The van der Waals surface area contributed by atoms with Gasteiger partial charge in [-0.05, 0) is 31.2 Å². The van der Waals surface area contributed by atoms with E-state index < -0.39 is 0 Å². The maximum Gasteiger partial charge on any atom is 0.122 e. The second kappa shape index (κ2) is 4.98. The Balaban J connectivity index is 2.61. The molecule has 1 N–H and O–H groups in total. The molecule has 0 spiro atoms. The van der Waals surface area contributed by atoms with Crippen molar-refractivity contribution < 1.29 is 4.74 Å². The summed E-state index contributed by atoms with van der Waals surface area (Å²) in [5.41, 5.74) is 0.868. The van der Waals surface area contributed by atoms with Crippen LogP contribution in [0.15, 0.2) is 43.0 Å². The molecule has 1 rings (SSSR count). The Morgan fingerprint density at radius 3 is 3.08 bits per heavy atom. The van der Waals surface area contributed by atoms with Crippen molar-refractivity contribution >= 4 is 6.08 Å². The van der Waals surface area contributed by atoms with E-state index in [2.05, 4.69) is 16.8 Å². The summed E-state index contributed by atoms with van der Waals surface area (Å²) in [7, 11) is 0. The molecule has 0 unspecified atom stereocenters. The Kier molecular flexibility index (Phi) is 3.57. The Labute approximate surface area is 77.4 Å². The smallest absolute Gasteiger partial charge is 0.122 e. The maximum absolute atomic E-state index is 5.09. The number of allylic oxidation sites excluding steroid dienone is 2. The molecule has 0 atom stereocenters. The van der Waals surface area contributed by atoms with E-state index in [1.54, 1.807) is 6.20 Å². The molecule has 3 nitrogen and oxygen atoms in total. The van der Waals surface area contributed by atoms with E-state index in [4.69, 9.17) is 4.74 Å². The standard InChI is InChI=1S/C10H12N2O/c1-3-10(13-4-2)6-5-9-7-8-11-12-9/h3-8H,2H2,1H3,(H,11,12)/b6-5+,10-3-. The van der Waals surface area contributed by atoms with Gasteiger partial charge in [-0.25, -0.2) is 0 Å². The minimum Gasteiger partial charge on any atom is -0.466 e. The van der Waals surface area contributed by atoms with Crippen molar-refractivity contribution in [2.45, 2.75) is 6.92 Å². The van der Waals surface area contributed by atoms with Crippen LogP contribution in [0.25, 0.3) is 6.08 Å². The van der Waals surface area contributed by atoms with E-state index in [-0.39, 0.29) is 0 Å². The Bertz CT molecular complexity index is 310. The van der Waals surface area contributed by atoms with Crippen molar-refractivity contribution in [3.05, 3.63) is 48.7 Å². The number of hydrogen-bond acceptors (Lipinski definition) is 2. The van der Waals surface area contributed by atoms with Gasteiger partial charge in [0.15, 0.2) is 0 Å². The molecule has 1 heterocycles. The molecule has 0 amide bonds. The fourth-order valence-electron chi connectivity index (χ4n) is 0.832. The molecule has 0 fully saturated rings. The van der Waals surface area contributed by atoms with Crippen LogP contribution in [0.5, 0.6) is 0 Å². The van der Waals surface area contributed by atoms with Crippen molar-refractivity contribution in [2.75, 3.05) is 0 Å². The minimum absolute atomic E-state index is 0.748. The van der Waals surface area contributed by atoms with Gasteiger partial charge in [0.25, 0.3) is 0 Å². The molecule has 0 aliphatic rings. The number of nitrogens with one attached hydrogen (secondary N) is 1. The lowest BCUT2D eigenvalue weighted by Crippen LogP contribution is -1.79. The van der Waals surface area contributed by atoms with Crippen LogP contribution in [-0.2, 0) is 4.74 Å². The second-order valence-electron chi connectivity index (χ2n) is 2.31. The average molecular weight is 176 g/mol. The number of nitrogens with zero attached hydrogens (tertiary/aromatic N) is 1. The quantitative estimate of drug-likeness (QED) is 0.565. The molecule has 1 aromatic heterocycles. The SMILES string of the molecule is C=COC(=C\C)/C=C/c1cc[nH]n1. The van der Waals surface area contributed by atoms with Crippen LogP contribution in [0.2, 0.25) is 0 Å². The number of rotatable bonds is 4. The van der Waals surface area contributed by atoms with Gasteiger partial charge in [0.05, 0.1) is 12.0 Å². The molecular formula is C10H12N2O. The van der Waals surface area contributed by atoms with E-state index in [9.17, 15) is 0 Å². The minimum atomic E-state index is 0.748. The Hall–Kier alpha value is -1.77. The first-order valence-electron chi connectivity index (χ1n) is 3.98. The van der Waals surface area contributed by atoms with Crippen LogP contribution >= 0.6 is 0 Å². The third kappa shape index (κ3) is 2.99. The molecule has 0 bridgehead atoms. The summed E-state index contributed by atoms with van der Waals surface area (Å²) < 4.78 is 5.09. The van der Waals surface area contributed by atoms with Crippen molar-refractivity contribution in [3.8, 4) is 0 Å². The highest BCUT2D eigenvalue weighted by molar-refractivity contribution is 5.47. The van der Waals surface area contributed by atoms with Gasteiger partial charge in [-0.2, -0.15) is 5.10 Å². The predicted molar refractivity (Wildman–Crippen MR) is 52.7 cm³/mol. The highest BCUT2D eigenvalue weighted by atomic mass is 16.5. The molecule has 0 aromatic carbocycles. The Morgan fingerprint density at radius 1 is 1.69 bits per heavy atom. The molecular weight excluding hydrogens is 164 g/mol. The van der Waals surface area contributed by atoms with Crippen molar-refractivity contribution in [1.29, 1.82) is 0 Å². The van der Waals surface area contributed by atoms with Crippen LogP contribution < -0.4 is 0 Å². The van der Waals surface area contributed by atoms with E-state index in [1.807, 2.05) is 31.2 Å². The summed E-state index contributed by atoms with van der Waals surface area (Å²) in [6, 6.07) is 1.87. The number of aromatic amines is 1. The summed E-state index contributed by atoms with van der Waals surface area (Å²) in [5.74, 6) is 0.748. The monoisotopic (exact) mass is 176 g/mol. The molecule has 3 heteroatoms. The molecule has 1 aromatic rings. The largest absolute Gasteiger partial charge is 0.466 e. The normalized spacial score (nSPS) is 11.9. The lowest BCUT2D eigenvalue weighted by atomic mass is 10.3. The van der Waals surface area contributed by atoms with Crippen molar-refractivity contribution in [2.24, 2.45) is 0 Å². The predicted octanol–water partition coefficient (Wildman–Crippen LogP) is 2.49. The van der Waals surface area contributed by atoms with E-state index in [0.29, 0.717) is 0 Å². The summed E-state index contributed by atoms with van der Waals surface area (Å²) in [5, 5.41) is 6.68. The number of H-pyrrole nitrogens is 1. The van der Waals surface area contributed by atoms with Gasteiger partial charge in [-0.3, -0.25) is 5.10 Å². The van der Waals surface area contributed by atoms with Crippen LogP contribution in [0.3, 0.4) is 0 Å². The lowest BCUT2D eigenvalue weighted by Gasteiger charge is -1.96. The third-order valence-corrected chi connectivity index (χ3v) is 1.44. The Morgan fingerprint density at radius 2 is 2.54 bits per heavy atom. The van der Waals surface area contributed by atoms with Crippen LogP contribution in [-0.4, -0.2) is 10.2 Å². The van der Waals surface area contributed by atoms with Crippen LogP contribution in [0, 0.1) is 0 Å². The molecule has 0 aliphatic heterocycles. The van der Waals surface area contributed by atoms with Gasteiger partial charge in [0, 0.05) is 6.20 Å². The van der Waals surface area contributed by atoms with Crippen LogP contribution in [0.4, 0.5) is 0 Å². The first-order chi connectivity index (χ1) is 6.36. The van der Waals surface area contributed by atoms with Gasteiger partial charge in [0.1, 0.15) is 5.76 Å². The summed E-state index contributed by atoms with van der Waals surface area (Å²) in [6.45, 7) is 5.37. The van der Waals surface area contributed by atoms with E-state index >= 15 is 0 Å². The highest BCUT2D eigenvalue weighted by Crippen LogP contribution is 2.03. The fourth-order valence-corrected chi connectivity index (χ4v) is 0.832. The topological polar surface area (TPSA) is 37.9 Å². The first kappa shape index (κ1) is 9.32. The maximum atomic E-state index is 5.09. The molecule has 0 radical (unpaired) electrons. The van der Waals surface area contributed by atoms with Crippen molar-refractivity contribution in [3.63, 3.8) is 0 Å². The molecule has 13 heavy (non-hydrogen) atoms. The summed E-state index contributed by atoms with van der Waals surface area (Å²) >= 11 is 0. The fraction of sp³-hybridized carbons (Fsp3) is 0.100. The zero-order valence-corrected chi connectivity index (χ0v) is 7.53. The number of aromatic nitrogens is 2.